The molecule has 1 aromatic carbocycles. The SMILES string of the molecule is Brc1cccc(Cc2noc(-c3cncc(Br)c3)n2)c1. The van der Waals surface area contributed by atoms with Crippen LogP contribution in [0.25, 0.3) is 11.5 Å². The average molecular weight is 395 g/mol. The minimum Gasteiger partial charge on any atom is -0.334 e. The zero-order valence-corrected chi connectivity index (χ0v) is 13.4. The Morgan fingerprint density at radius 3 is 2.75 bits per heavy atom. The lowest BCUT2D eigenvalue weighted by Gasteiger charge is -1.97. The number of halogens is 2. The zero-order chi connectivity index (χ0) is 13.9. The standard InChI is InChI=1S/C14H9Br2N3O/c15-11-3-1-2-9(4-11)5-13-18-14(20-19-13)10-6-12(16)8-17-7-10/h1-4,6-8H,5H2. The number of nitrogens with zero attached hydrogens (tertiary/aromatic N) is 3. The number of aromatic nitrogens is 3. The molecule has 0 aliphatic rings. The molecule has 0 aliphatic heterocycles. The summed E-state index contributed by atoms with van der Waals surface area (Å²) in [5, 5.41) is 4.00. The molecule has 0 atom stereocenters. The highest BCUT2D eigenvalue weighted by Crippen LogP contribution is 2.21. The predicted octanol–water partition coefficient (Wildman–Crippen LogP) is 4.25. The van der Waals surface area contributed by atoms with Gasteiger partial charge in [0.25, 0.3) is 5.89 Å². The molecule has 0 aliphatic carbocycles. The van der Waals surface area contributed by atoms with Crippen molar-refractivity contribution in [3.05, 3.63) is 63.1 Å². The molecule has 0 fully saturated rings. The summed E-state index contributed by atoms with van der Waals surface area (Å²) < 4.78 is 7.19. The first-order valence-corrected chi connectivity index (χ1v) is 7.47. The van der Waals surface area contributed by atoms with Crippen molar-refractivity contribution >= 4 is 31.9 Å². The largest absolute Gasteiger partial charge is 0.334 e. The molecule has 20 heavy (non-hydrogen) atoms. The van der Waals surface area contributed by atoms with E-state index in [0.717, 1.165) is 20.1 Å². The fourth-order valence-electron chi connectivity index (χ4n) is 1.80. The van der Waals surface area contributed by atoms with Crippen molar-refractivity contribution in [2.45, 2.75) is 6.42 Å². The molecule has 0 N–H and O–H groups in total. The van der Waals surface area contributed by atoms with E-state index in [1.165, 1.54) is 0 Å². The quantitative estimate of drug-likeness (QED) is 0.666. The van der Waals surface area contributed by atoms with Crippen LogP contribution in [0.5, 0.6) is 0 Å². The van der Waals surface area contributed by atoms with Crippen molar-refractivity contribution in [3.63, 3.8) is 0 Å². The molecule has 0 saturated carbocycles. The van der Waals surface area contributed by atoms with Crippen LogP contribution >= 0.6 is 31.9 Å². The Labute approximate surface area is 132 Å². The molecular weight excluding hydrogens is 386 g/mol. The lowest BCUT2D eigenvalue weighted by Crippen LogP contribution is -1.90. The number of benzene rings is 1. The lowest BCUT2D eigenvalue weighted by molar-refractivity contribution is 0.423. The zero-order valence-electron chi connectivity index (χ0n) is 10.3. The Balaban J connectivity index is 1.84. The summed E-state index contributed by atoms with van der Waals surface area (Å²) in [6.45, 7) is 0. The smallest absolute Gasteiger partial charge is 0.259 e. The second kappa shape index (κ2) is 5.85. The van der Waals surface area contributed by atoms with Gasteiger partial charge in [0, 0.05) is 27.8 Å². The van der Waals surface area contributed by atoms with Gasteiger partial charge in [0.15, 0.2) is 5.82 Å². The van der Waals surface area contributed by atoms with Gasteiger partial charge in [-0.05, 0) is 39.7 Å². The summed E-state index contributed by atoms with van der Waals surface area (Å²) in [4.78, 5) is 8.48. The van der Waals surface area contributed by atoms with Crippen molar-refractivity contribution in [1.82, 2.24) is 15.1 Å². The van der Waals surface area contributed by atoms with E-state index in [1.807, 2.05) is 30.3 Å². The van der Waals surface area contributed by atoms with Gasteiger partial charge < -0.3 is 4.52 Å². The Bertz CT molecular complexity index is 743. The molecule has 0 unspecified atom stereocenters. The van der Waals surface area contributed by atoms with Crippen LogP contribution < -0.4 is 0 Å². The molecule has 3 rings (SSSR count). The maximum Gasteiger partial charge on any atom is 0.259 e. The monoisotopic (exact) mass is 393 g/mol. The highest BCUT2D eigenvalue weighted by Gasteiger charge is 2.10. The fourth-order valence-corrected chi connectivity index (χ4v) is 2.61. The number of pyridine rings is 1. The average Bonchev–Trinajstić information content (AvgIpc) is 2.87. The Hall–Kier alpha value is -1.53. The summed E-state index contributed by atoms with van der Waals surface area (Å²) >= 11 is 6.82. The summed E-state index contributed by atoms with van der Waals surface area (Å²) in [6, 6.07) is 9.93. The molecule has 0 saturated heterocycles. The van der Waals surface area contributed by atoms with Gasteiger partial charge >= 0.3 is 0 Å². The fraction of sp³-hybridized carbons (Fsp3) is 0.0714. The van der Waals surface area contributed by atoms with Crippen molar-refractivity contribution in [2.24, 2.45) is 0 Å². The van der Waals surface area contributed by atoms with E-state index in [2.05, 4.69) is 47.0 Å². The van der Waals surface area contributed by atoms with E-state index in [1.54, 1.807) is 12.4 Å². The molecule has 0 bridgehead atoms. The first kappa shape index (κ1) is 13.5. The van der Waals surface area contributed by atoms with Crippen LogP contribution in [0.3, 0.4) is 0 Å². The van der Waals surface area contributed by atoms with E-state index < -0.39 is 0 Å². The number of rotatable bonds is 3. The minimum absolute atomic E-state index is 0.476. The summed E-state index contributed by atoms with van der Waals surface area (Å²) in [5.74, 6) is 1.13. The molecule has 4 nitrogen and oxygen atoms in total. The highest BCUT2D eigenvalue weighted by atomic mass is 79.9. The van der Waals surface area contributed by atoms with Crippen molar-refractivity contribution in [2.75, 3.05) is 0 Å². The third kappa shape index (κ3) is 3.13. The number of hydrogen-bond acceptors (Lipinski definition) is 4. The van der Waals surface area contributed by atoms with Crippen molar-refractivity contribution in [1.29, 1.82) is 0 Å². The maximum atomic E-state index is 5.27. The van der Waals surface area contributed by atoms with Crippen LogP contribution in [-0.4, -0.2) is 15.1 Å². The van der Waals surface area contributed by atoms with Crippen LogP contribution in [-0.2, 0) is 6.42 Å². The summed E-state index contributed by atoms with van der Waals surface area (Å²) in [6.07, 6.45) is 4.04. The van der Waals surface area contributed by atoms with Gasteiger partial charge in [0.2, 0.25) is 0 Å². The first-order chi connectivity index (χ1) is 9.70. The maximum absolute atomic E-state index is 5.27. The predicted molar refractivity (Wildman–Crippen MR) is 82.2 cm³/mol. The molecule has 6 heteroatoms. The Kier molecular flexibility index (Phi) is 3.93. The highest BCUT2D eigenvalue weighted by molar-refractivity contribution is 9.10. The number of hydrogen-bond donors (Lipinski definition) is 0. The van der Waals surface area contributed by atoms with E-state index in [0.29, 0.717) is 18.1 Å². The van der Waals surface area contributed by atoms with Gasteiger partial charge in [-0.15, -0.1) is 0 Å². The van der Waals surface area contributed by atoms with E-state index >= 15 is 0 Å². The molecule has 0 spiro atoms. The van der Waals surface area contributed by atoms with Gasteiger partial charge in [-0.3, -0.25) is 4.98 Å². The van der Waals surface area contributed by atoms with Gasteiger partial charge in [-0.2, -0.15) is 4.98 Å². The third-order valence-corrected chi connectivity index (χ3v) is 3.60. The van der Waals surface area contributed by atoms with E-state index in [9.17, 15) is 0 Å². The molecule has 100 valence electrons. The molecule has 0 amide bonds. The normalized spacial score (nSPS) is 10.7. The molecule has 3 aromatic rings. The van der Waals surface area contributed by atoms with Gasteiger partial charge in [-0.25, -0.2) is 0 Å². The molecular formula is C14H9Br2N3O. The Morgan fingerprint density at radius 1 is 1.05 bits per heavy atom. The Morgan fingerprint density at radius 2 is 1.95 bits per heavy atom. The molecule has 2 heterocycles. The lowest BCUT2D eigenvalue weighted by atomic mass is 10.1. The van der Waals surface area contributed by atoms with E-state index in [4.69, 9.17) is 4.52 Å². The topological polar surface area (TPSA) is 51.8 Å². The van der Waals surface area contributed by atoms with Crippen molar-refractivity contribution < 1.29 is 4.52 Å². The first-order valence-electron chi connectivity index (χ1n) is 5.89. The van der Waals surface area contributed by atoms with Crippen LogP contribution in [0.4, 0.5) is 0 Å². The van der Waals surface area contributed by atoms with Crippen molar-refractivity contribution in [3.8, 4) is 11.5 Å². The molecule has 0 radical (unpaired) electrons. The van der Waals surface area contributed by atoms with Crippen LogP contribution in [0, 0.1) is 0 Å². The second-order valence-corrected chi connectivity index (χ2v) is 6.05. The van der Waals surface area contributed by atoms with Gasteiger partial charge in [0.05, 0.1) is 5.56 Å². The molecule has 2 aromatic heterocycles. The van der Waals surface area contributed by atoms with Crippen LogP contribution in [0.15, 0.2) is 56.2 Å². The van der Waals surface area contributed by atoms with Gasteiger partial charge in [0.1, 0.15) is 0 Å². The van der Waals surface area contributed by atoms with Crippen LogP contribution in [0.2, 0.25) is 0 Å². The van der Waals surface area contributed by atoms with Crippen LogP contribution in [0.1, 0.15) is 11.4 Å². The second-order valence-electron chi connectivity index (χ2n) is 4.21. The minimum atomic E-state index is 0.476. The summed E-state index contributed by atoms with van der Waals surface area (Å²) in [5.41, 5.74) is 1.92. The summed E-state index contributed by atoms with van der Waals surface area (Å²) in [7, 11) is 0. The van der Waals surface area contributed by atoms with Gasteiger partial charge in [-0.1, -0.05) is 33.2 Å². The third-order valence-electron chi connectivity index (χ3n) is 2.67. The van der Waals surface area contributed by atoms with E-state index in [-0.39, 0.29) is 0 Å².